The molecule has 0 aromatic heterocycles. The molecule has 132 valence electrons. The van der Waals surface area contributed by atoms with Crippen LogP contribution in [0.2, 0.25) is 10.0 Å². The van der Waals surface area contributed by atoms with E-state index in [4.69, 9.17) is 27.9 Å². The number of hydrogen-bond donors (Lipinski definition) is 2. The van der Waals surface area contributed by atoms with Crippen molar-refractivity contribution >= 4 is 40.7 Å². The zero-order valence-electron chi connectivity index (χ0n) is 13.6. The molecular formula is C18H18Cl2N2O3. The second-order valence-electron chi connectivity index (χ2n) is 5.28. The van der Waals surface area contributed by atoms with E-state index in [0.717, 1.165) is 5.56 Å². The molecule has 2 aromatic carbocycles. The van der Waals surface area contributed by atoms with Gasteiger partial charge in [0.1, 0.15) is 5.75 Å². The minimum absolute atomic E-state index is 0.00427. The Hall–Kier alpha value is -2.24. The van der Waals surface area contributed by atoms with E-state index >= 15 is 0 Å². The standard InChI is InChI=1S/C18H18Cl2N2O3/c1-21-17(23)9-4-12-2-6-14(7-3-12)22-18(24)11-25-16-8-5-13(19)10-15(16)20/h2-3,5-8,10H,4,9,11H2,1H3,(H,21,23)(H,22,24). The van der Waals surface area contributed by atoms with Gasteiger partial charge in [-0.1, -0.05) is 35.3 Å². The van der Waals surface area contributed by atoms with E-state index in [9.17, 15) is 9.59 Å². The Morgan fingerprint density at radius 1 is 1.04 bits per heavy atom. The van der Waals surface area contributed by atoms with Gasteiger partial charge in [-0.05, 0) is 42.3 Å². The summed E-state index contributed by atoms with van der Waals surface area (Å²) < 4.78 is 5.38. The highest BCUT2D eigenvalue weighted by atomic mass is 35.5. The number of amides is 2. The van der Waals surface area contributed by atoms with Crippen LogP contribution in [0.3, 0.4) is 0 Å². The van der Waals surface area contributed by atoms with Crippen molar-refractivity contribution in [1.29, 1.82) is 0 Å². The molecular weight excluding hydrogens is 363 g/mol. The number of halogens is 2. The number of aryl methyl sites for hydroxylation is 1. The predicted molar refractivity (Wildman–Crippen MR) is 99.4 cm³/mol. The number of hydrogen-bond acceptors (Lipinski definition) is 3. The van der Waals surface area contributed by atoms with E-state index in [1.165, 1.54) is 0 Å². The van der Waals surface area contributed by atoms with Gasteiger partial charge in [0.2, 0.25) is 5.91 Å². The molecule has 0 radical (unpaired) electrons. The van der Waals surface area contributed by atoms with Crippen LogP contribution >= 0.6 is 23.2 Å². The molecule has 2 amide bonds. The lowest BCUT2D eigenvalue weighted by molar-refractivity contribution is -0.120. The van der Waals surface area contributed by atoms with Crippen LogP contribution in [0, 0.1) is 0 Å². The van der Waals surface area contributed by atoms with Gasteiger partial charge >= 0.3 is 0 Å². The fourth-order valence-corrected chi connectivity index (χ4v) is 2.53. The summed E-state index contributed by atoms with van der Waals surface area (Å²) in [4.78, 5) is 23.2. The number of nitrogens with one attached hydrogen (secondary N) is 2. The first-order valence-corrected chi connectivity index (χ1v) is 8.41. The Morgan fingerprint density at radius 3 is 2.40 bits per heavy atom. The maximum absolute atomic E-state index is 11.9. The topological polar surface area (TPSA) is 67.4 Å². The molecule has 7 heteroatoms. The van der Waals surface area contributed by atoms with Crippen molar-refractivity contribution in [3.8, 4) is 5.75 Å². The predicted octanol–water partition coefficient (Wildman–Crippen LogP) is 3.69. The summed E-state index contributed by atoms with van der Waals surface area (Å²) in [5.41, 5.74) is 1.67. The Labute approximate surface area is 156 Å². The summed E-state index contributed by atoms with van der Waals surface area (Å²) in [6.45, 7) is -0.167. The molecule has 0 spiro atoms. The summed E-state index contributed by atoms with van der Waals surface area (Å²) in [6, 6.07) is 12.1. The van der Waals surface area contributed by atoms with Crippen molar-refractivity contribution in [2.45, 2.75) is 12.8 Å². The van der Waals surface area contributed by atoms with Gasteiger partial charge in [-0.3, -0.25) is 9.59 Å². The van der Waals surface area contributed by atoms with Gasteiger partial charge in [-0.2, -0.15) is 0 Å². The van der Waals surface area contributed by atoms with Crippen molar-refractivity contribution in [2.24, 2.45) is 0 Å². The lowest BCUT2D eigenvalue weighted by atomic mass is 10.1. The highest BCUT2D eigenvalue weighted by molar-refractivity contribution is 6.35. The summed E-state index contributed by atoms with van der Waals surface area (Å²) >= 11 is 11.8. The molecule has 2 aromatic rings. The number of anilines is 1. The monoisotopic (exact) mass is 380 g/mol. The average Bonchev–Trinajstić information content (AvgIpc) is 2.60. The van der Waals surface area contributed by atoms with Gasteiger partial charge in [0.05, 0.1) is 5.02 Å². The largest absolute Gasteiger partial charge is 0.482 e. The molecule has 0 saturated carbocycles. The summed E-state index contributed by atoms with van der Waals surface area (Å²) in [5, 5.41) is 6.16. The molecule has 0 aliphatic rings. The second-order valence-corrected chi connectivity index (χ2v) is 6.13. The number of carbonyl (C=O) groups excluding carboxylic acids is 2. The average molecular weight is 381 g/mol. The normalized spacial score (nSPS) is 10.2. The fourth-order valence-electron chi connectivity index (χ4n) is 2.07. The van der Waals surface area contributed by atoms with Crippen LogP contribution in [-0.4, -0.2) is 25.5 Å². The smallest absolute Gasteiger partial charge is 0.262 e. The molecule has 0 aliphatic carbocycles. The van der Waals surface area contributed by atoms with Crippen molar-refractivity contribution in [3.05, 3.63) is 58.1 Å². The van der Waals surface area contributed by atoms with Crippen LogP contribution < -0.4 is 15.4 Å². The van der Waals surface area contributed by atoms with Crippen LogP contribution in [0.25, 0.3) is 0 Å². The van der Waals surface area contributed by atoms with Gasteiger partial charge < -0.3 is 15.4 Å². The third kappa shape index (κ3) is 6.29. The van der Waals surface area contributed by atoms with Crippen LogP contribution in [0.15, 0.2) is 42.5 Å². The highest BCUT2D eigenvalue weighted by Crippen LogP contribution is 2.27. The molecule has 0 unspecified atom stereocenters. The van der Waals surface area contributed by atoms with E-state index in [-0.39, 0.29) is 18.4 Å². The number of ether oxygens (including phenoxy) is 1. The first-order chi connectivity index (χ1) is 12.0. The Balaban J connectivity index is 1.82. The lowest BCUT2D eigenvalue weighted by Crippen LogP contribution is -2.20. The molecule has 0 fully saturated rings. The Morgan fingerprint density at radius 2 is 1.76 bits per heavy atom. The SMILES string of the molecule is CNC(=O)CCc1ccc(NC(=O)COc2ccc(Cl)cc2Cl)cc1. The van der Waals surface area contributed by atoms with Crippen LogP contribution in [-0.2, 0) is 16.0 Å². The first-order valence-electron chi connectivity index (χ1n) is 7.65. The fraction of sp³-hybridized carbons (Fsp3) is 0.222. The molecule has 0 heterocycles. The van der Waals surface area contributed by atoms with Crippen molar-refractivity contribution in [2.75, 3.05) is 19.0 Å². The molecule has 2 N–H and O–H groups in total. The van der Waals surface area contributed by atoms with E-state index in [1.807, 2.05) is 12.1 Å². The molecule has 0 bridgehead atoms. The van der Waals surface area contributed by atoms with Crippen molar-refractivity contribution < 1.29 is 14.3 Å². The van der Waals surface area contributed by atoms with Crippen molar-refractivity contribution in [3.63, 3.8) is 0 Å². The third-order valence-electron chi connectivity index (χ3n) is 3.41. The number of rotatable bonds is 7. The lowest BCUT2D eigenvalue weighted by Gasteiger charge is -2.09. The van der Waals surface area contributed by atoms with Gasteiger partial charge in [0.25, 0.3) is 5.91 Å². The second kappa shape index (κ2) is 9.30. The first kappa shape index (κ1) is 19.1. The summed E-state index contributed by atoms with van der Waals surface area (Å²) in [6.07, 6.45) is 1.07. The van der Waals surface area contributed by atoms with E-state index in [0.29, 0.717) is 34.3 Å². The molecule has 2 rings (SSSR count). The minimum Gasteiger partial charge on any atom is -0.482 e. The van der Waals surface area contributed by atoms with Gasteiger partial charge in [-0.25, -0.2) is 0 Å². The summed E-state index contributed by atoms with van der Waals surface area (Å²) in [7, 11) is 1.61. The number of benzene rings is 2. The molecule has 25 heavy (non-hydrogen) atoms. The quantitative estimate of drug-likeness (QED) is 0.769. The highest BCUT2D eigenvalue weighted by Gasteiger charge is 2.07. The Kier molecular flexibility index (Phi) is 7.10. The molecule has 0 atom stereocenters. The van der Waals surface area contributed by atoms with Gasteiger partial charge in [0.15, 0.2) is 6.61 Å². The van der Waals surface area contributed by atoms with Gasteiger partial charge in [0, 0.05) is 24.2 Å². The summed E-state index contributed by atoms with van der Waals surface area (Å²) in [5.74, 6) is 0.0882. The maximum Gasteiger partial charge on any atom is 0.262 e. The third-order valence-corrected chi connectivity index (χ3v) is 3.94. The van der Waals surface area contributed by atoms with Crippen LogP contribution in [0.5, 0.6) is 5.75 Å². The Bertz CT molecular complexity index is 748. The van der Waals surface area contributed by atoms with E-state index in [1.54, 1.807) is 37.4 Å². The van der Waals surface area contributed by atoms with Crippen LogP contribution in [0.1, 0.15) is 12.0 Å². The van der Waals surface area contributed by atoms with E-state index < -0.39 is 0 Å². The van der Waals surface area contributed by atoms with E-state index in [2.05, 4.69) is 10.6 Å². The minimum atomic E-state index is -0.302. The molecule has 0 aliphatic heterocycles. The molecule has 5 nitrogen and oxygen atoms in total. The van der Waals surface area contributed by atoms with Crippen molar-refractivity contribution in [1.82, 2.24) is 5.32 Å². The van der Waals surface area contributed by atoms with Crippen LogP contribution in [0.4, 0.5) is 5.69 Å². The molecule has 0 saturated heterocycles. The van der Waals surface area contributed by atoms with Gasteiger partial charge in [-0.15, -0.1) is 0 Å². The zero-order valence-corrected chi connectivity index (χ0v) is 15.2. The zero-order chi connectivity index (χ0) is 18.2. The number of carbonyl (C=O) groups is 2. The maximum atomic E-state index is 11.9.